The van der Waals surface area contributed by atoms with E-state index in [1.807, 2.05) is 12.1 Å². The molecule has 0 bridgehead atoms. The minimum Gasteiger partial charge on any atom is -0.491 e. The summed E-state index contributed by atoms with van der Waals surface area (Å²) < 4.78 is 5.39. The molecule has 0 radical (unpaired) electrons. The lowest BCUT2D eigenvalue weighted by Gasteiger charge is -2.15. The third kappa shape index (κ3) is 1.26. The molecule has 2 nitrogen and oxygen atoms in total. The van der Waals surface area contributed by atoms with Crippen LogP contribution >= 0.6 is 11.8 Å². The molecule has 0 amide bonds. The zero-order valence-electron chi connectivity index (χ0n) is 6.41. The quantitative estimate of drug-likeness (QED) is 0.608. The van der Waals surface area contributed by atoms with Crippen molar-refractivity contribution >= 4 is 11.8 Å². The van der Waals surface area contributed by atoms with Crippen molar-refractivity contribution in [1.82, 2.24) is 0 Å². The number of nitrogens with zero attached hydrogens (tertiary/aromatic N) is 1. The van der Waals surface area contributed by atoms with Crippen LogP contribution in [0.3, 0.4) is 0 Å². The van der Waals surface area contributed by atoms with Crippen LogP contribution in [-0.2, 0) is 0 Å². The molecule has 0 spiro atoms. The number of hydrogen-bond acceptors (Lipinski definition) is 3. The summed E-state index contributed by atoms with van der Waals surface area (Å²) in [6, 6.07) is 7.64. The van der Waals surface area contributed by atoms with Crippen LogP contribution in [0.25, 0.3) is 0 Å². The Morgan fingerprint density at radius 2 is 2.42 bits per heavy atom. The first-order chi connectivity index (χ1) is 5.90. The Labute approximate surface area is 75.1 Å². The minimum absolute atomic E-state index is 0.663. The first-order valence-electron chi connectivity index (χ1n) is 3.70. The van der Waals surface area contributed by atoms with E-state index in [2.05, 4.69) is 6.07 Å². The Balaban J connectivity index is 2.44. The van der Waals surface area contributed by atoms with Gasteiger partial charge in [-0.2, -0.15) is 5.26 Å². The van der Waals surface area contributed by atoms with Crippen LogP contribution in [0, 0.1) is 11.3 Å². The van der Waals surface area contributed by atoms with Gasteiger partial charge in [-0.25, -0.2) is 0 Å². The fourth-order valence-corrected chi connectivity index (χ4v) is 1.92. The van der Waals surface area contributed by atoms with Crippen molar-refractivity contribution in [3.63, 3.8) is 0 Å². The Morgan fingerprint density at radius 3 is 3.25 bits per heavy atom. The molecule has 1 aromatic carbocycles. The number of fused-ring (bicyclic) bond motifs is 1. The van der Waals surface area contributed by atoms with Gasteiger partial charge >= 0.3 is 0 Å². The number of thioether (sulfide) groups is 1. The largest absolute Gasteiger partial charge is 0.491 e. The van der Waals surface area contributed by atoms with E-state index >= 15 is 0 Å². The maximum atomic E-state index is 8.63. The van der Waals surface area contributed by atoms with Gasteiger partial charge in [-0.3, -0.25) is 0 Å². The fourth-order valence-electron chi connectivity index (χ4n) is 1.11. The molecule has 1 aromatic rings. The maximum absolute atomic E-state index is 8.63. The summed E-state index contributed by atoms with van der Waals surface area (Å²) in [6.45, 7) is 0.743. The molecule has 3 heteroatoms. The van der Waals surface area contributed by atoms with Gasteiger partial charge in [0.2, 0.25) is 0 Å². The first-order valence-corrected chi connectivity index (χ1v) is 4.68. The average Bonchev–Trinajstić information content (AvgIpc) is 2.17. The SMILES string of the molecule is N#Cc1ccc2c(c1)OCCS2. The monoisotopic (exact) mass is 177 g/mol. The van der Waals surface area contributed by atoms with Crippen molar-refractivity contribution < 1.29 is 4.74 Å². The van der Waals surface area contributed by atoms with Crippen LogP contribution in [0.4, 0.5) is 0 Å². The second-order valence-corrected chi connectivity index (χ2v) is 3.61. The highest BCUT2D eigenvalue weighted by molar-refractivity contribution is 7.99. The molecule has 0 N–H and O–H groups in total. The van der Waals surface area contributed by atoms with Crippen molar-refractivity contribution in [2.45, 2.75) is 4.90 Å². The summed E-state index contributed by atoms with van der Waals surface area (Å²) in [4.78, 5) is 1.14. The van der Waals surface area contributed by atoms with Gasteiger partial charge in [0, 0.05) is 10.6 Å². The molecular formula is C9H7NOS. The van der Waals surface area contributed by atoms with Crippen LogP contribution in [-0.4, -0.2) is 12.4 Å². The van der Waals surface area contributed by atoms with Gasteiger partial charge in [0.05, 0.1) is 18.2 Å². The minimum atomic E-state index is 0.663. The van der Waals surface area contributed by atoms with Gasteiger partial charge in [0.25, 0.3) is 0 Å². The number of ether oxygens (including phenoxy) is 1. The summed E-state index contributed by atoms with van der Waals surface area (Å²) in [5.41, 5.74) is 0.663. The predicted octanol–water partition coefficient (Wildman–Crippen LogP) is 2.04. The van der Waals surface area contributed by atoms with Gasteiger partial charge in [-0.15, -0.1) is 11.8 Å². The molecule has 0 aliphatic carbocycles. The van der Waals surface area contributed by atoms with Crippen LogP contribution in [0.5, 0.6) is 5.75 Å². The number of benzene rings is 1. The van der Waals surface area contributed by atoms with E-state index in [1.165, 1.54) is 0 Å². The van der Waals surface area contributed by atoms with Gasteiger partial charge in [0.1, 0.15) is 5.75 Å². The van der Waals surface area contributed by atoms with Crippen LogP contribution in [0.15, 0.2) is 23.1 Å². The second-order valence-electron chi connectivity index (χ2n) is 2.47. The molecular weight excluding hydrogens is 170 g/mol. The first kappa shape index (κ1) is 7.51. The highest BCUT2D eigenvalue weighted by Crippen LogP contribution is 2.33. The summed E-state index contributed by atoms with van der Waals surface area (Å²) in [5, 5.41) is 8.63. The molecule has 60 valence electrons. The molecule has 1 aliphatic heterocycles. The van der Waals surface area contributed by atoms with Gasteiger partial charge in [0.15, 0.2) is 0 Å². The number of hydrogen-bond donors (Lipinski definition) is 0. The summed E-state index contributed by atoms with van der Waals surface area (Å²) in [5.74, 6) is 1.85. The van der Waals surface area contributed by atoms with Crippen molar-refractivity contribution in [2.24, 2.45) is 0 Å². The molecule has 1 aliphatic rings. The standard InChI is InChI=1S/C9H7NOS/c10-6-7-1-2-9-8(5-7)11-3-4-12-9/h1-2,5H,3-4H2. The molecule has 0 unspecified atom stereocenters. The van der Waals surface area contributed by atoms with Gasteiger partial charge < -0.3 is 4.74 Å². The molecule has 0 atom stereocenters. The summed E-state index contributed by atoms with van der Waals surface area (Å²) >= 11 is 1.77. The van der Waals surface area contributed by atoms with Crippen molar-refractivity contribution in [1.29, 1.82) is 5.26 Å². The van der Waals surface area contributed by atoms with Crippen molar-refractivity contribution in [3.05, 3.63) is 23.8 Å². The predicted molar refractivity (Wildman–Crippen MR) is 47.4 cm³/mol. The normalized spacial score (nSPS) is 14.2. The third-order valence-corrected chi connectivity index (χ3v) is 2.69. The third-order valence-electron chi connectivity index (χ3n) is 1.67. The Bertz CT molecular complexity index is 343. The summed E-state index contributed by atoms with van der Waals surface area (Å²) in [6.07, 6.45) is 0. The molecule has 0 aromatic heterocycles. The van der Waals surface area contributed by atoms with E-state index in [4.69, 9.17) is 10.00 Å². The van der Waals surface area contributed by atoms with Crippen LogP contribution < -0.4 is 4.74 Å². The lowest BCUT2D eigenvalue weighted by atomic mass is 10.2. The van der Waals surface area contributed by atoms with E-state index in [1.54, 1.807) is 17.8 Å². The zero-order valence-corrected chi connectivity index (χ0v) is 7.23. The fraction of sp³-hybridized carbons (Fsp3) is 0.222. The Kier molecular flexibility index (Phi) is 1.92. The highest BCUT2D eigenvalue weighted by atomic mass is 32.2. The van der Waals surface area contributed by atoms with E-state index < -0.39 is 0 Å². The molecule has 1 heterocycles. The topological polar surface area (TPSA) is 33.0 Å². The molecule has 0 saturated carbocycles. The van der Waals surface area contributed by atoms with Gasteiger partial charge in [-0.05, 0) is 18.2 Å². The van der Waals surface area contributed by atoms with Crippen LogP contribution in [0.2, 0.25) is 0 Å². The highest BCUT2D eigenvalue weighted by Gasteiger charge is 2.10. The summed E-state index contributed by atoms with van der Waals surface area (Å²) in [7, 11) is 0. The van der Waals surface area contributed by atoms with Gasteiger partial charge in [-0.1, -0.05) is 0 Å². The smallest absolute Gasteiger partial charge is 0.134 e. The number of rotatable bonds is 0. The maximum Gasteiger partial charge on any atom is 0.134 e. The van der Waals surface area contributed by atoms with Crippen molar-refractivity contribution in [3.8, 4) is 11.8 Å². The average molecular weight is 177 g/mol. The van der Waals surface area contributed by atoms with E-state index in [0.717, 1.165) is 23.0 Å². The molecule has 0 fully saturated rings. The van der Waals surface area contributed by atoms with Crippen molar-refractivity contribution in [2.75, 3.05) is 12.4 Å². The zero-order chi connectivity index (χ0) is 8.39. The number of nitriles is 1. The van der Waals surface area contributed by atoms with Crippen LogP contribution in [0.1, 0.15) is 5.56 Å². The lowest BCUT2D eigenvalue weighted by Crippen LogP contribution is -2.06. The molecule has 2 rings (SSSR count). The lowest BCUT2D eigenvalue weighted by molar-refractivity contribution is 0.330. The Hall–Kier alpha value is -1.14. The molecule has 12 heavy (non-hydrogen) atoms. The second kappa shape index (κ2) is 3.08. The Morgan fingerprint density at radius 1 is 1.50 bits per heavy atom. The van der Waals surface area contributed by atoms with E-state index in [-0.39, 0.29) is 0 Å². The molecule has 0 saturated heterocycles. The van der Waals surface area contributed by atoms with E-state index in [0.29, 0.717) is 5.56 Å². The van der Waals surface area contributed by atoms with E-state index in [9.17, 15) is 0 Å².